The molecule has 2 unspecified atom stereocenters. The molecule has 1 fully saturated rings. The lowest BCUT2D eigenvalue weighted by molar-refractivity contribution is -0.132. The Morgan fingerprint density at radius 1 is 0.963 bits per heavy atom. The van der Waals surface area contributed by atoms with Gasteiger partial charge in [-0.1, -0.05) is 54.8 Å². The van der Waals surface area contributed by atoms with Gasteiger partial charge < -0.3 is 10.2 Å². The molecular formula is C22H23ClN2O2. The topological polar surface area (TPSA) is 49.4 Å². The number of nitrogens with one attached hydrogen (secondary N) is 1. The summed E-state index contributed by atoms with van der Waals surface area (Å²) in [5.41, 5.74) is 2.81. The van der Waals surface area contributed by atoms with Gasteiger partial charge in [-0.25, -0.2) is 0 Å². The third-order valence-electron chi connectivity index (χ3n) is 5.70. The van der Waals surface area contributed by atoms with Crippen LogP contribution in [0.3, 0.4) is 0 Å². The minimum Gasteiger partial charge on any atom is -0.325 e. The summed E-state index contributed by atoms with van der Waals surface area (Å²) in [7, 11) is 0. The molecule has 2 aromatic carbocycles. The molecule has 0 saturated heterocycles. The summed E-state index contributed by atoms with van der Waals surface area (Å²) in [6, 6.07) is 15.3. The third kappa shape index (κ3) is 3.59. The molecule has 4 rings (SSSR count). The summed E-state index contributed by atoms with van der Waals surface area (Å²) in [5, 5.41) is 3.44. The van der Waals surface area contributed by atoms with E-state index in [-0.39, 0.29) is 23.7 Å². The summed E-state index contributed by atoms with van der Waals surface area (Å²) < 4.78 is 0. The highest BCUT2D eigenvalue weighted by Crippen LogP contribution is 2.36. The molecule has 0 aromatic heterocycles. The van der Waals surface area contributed by atoms with Crippen molar-refractivity contribution in [3.63, 3.8) is 0 Å². The first-order chi connectivity index (χ1) is 13.1. The highest BCUT2D eigenvalue weighted by molar-refractivity contribution is 6.33. The minimum absolute atomic E-state index is 0.0824. The quantitative estimate of drug-likeness (QED) is 0.838. The highest BCUT2D eigenvalue weighted by Gasteiger charge is 2.39. The molecule has 5 heteroatoms. The van der Waals surface area contributed by atoms with Crippen LogP contribution < -0.4 is 10.2 Å². The van der Waals surface area contributed by atoms with Crippen molar-refractivity contribution in [2.45, 2.75) is 32.1 Å². The van der Waals surface area contributed by atoms with Gasteiger partial charge in [-0.2, -0.15) is 0 Å². The Balaban J connectivity index is 1.53. The number of benzene rings is 2. The first-order valence-corrected chi connectivity index (χ1v) is 9.97. The molecule has 0 spiro atoms. The van der Waals surface area contributed by atoms with Gasteiger partial charge in [0.2, 0.25) is 11.8 Å². The predicted molar refractivity (Wildman–Crippen MR) is 108 cm³/mol. The standard InChI is InChI=1S/C22H23ClN2O2/c23-18-10-4-5-11-19(18)24-21(26)16-8-2-3-9-17(16)22(27)25-14-13-15-7-1-6-12-20(15)25/h1,4-7,10-12,16-17H,2-3,8-9,13-14H2,(H,24,26). The van der Waals surface area contributed by atoms with Crippen molar-refractivity contribution in [1.29, 1.82) is 0 Å². The van der Waals surface area contributed by atoms with E-state index in [1.807, 2.05) is 35.2 Å². The van der Waals surface area contributed by atoms with Crippen LogP contribution in [0.1, 0.15) is 31.2 Å². The Kier molecular flexibility index (Phi) is 5.17. The molecule has 1 saturated carbocycles. The lowest BCUT2D eigenvalue weighted by atomic mass is 9.77. The Morgan fingerprint density at radius 2 is 1.67 bits per heavy atom. The number of hydrogen-bond donors (Lipinski definition) is 1. The molecule has 1 heterocycles. The third-order valence-corrected chi connectivity index (χ3v) is 6.03. The number of carbonyl (C=O) groups is 2. The first kappa shape index (κ1) is 18.1. The van der Waals surface area contributed by atoms with Crippen LogP contribution >= 0.6 is 11.6 Å². The van der Waals surface area contributed by atoms with Crippen LogP contribution in [-0.2, 0) is 16.0 Å². The molecule has 1 N–H and O–H groups in total. The van der Waals surface area contributed by atoms with E-state index in [1.165, 1.54) is 5.56 Å². The molecule has 2 aromatic rings. The fourth-order valence-electron chi connectivity index (χ4n) is 4.30. The molecule has 27 heavy (non-hydrogen) atoms. The van der Waals surface area contributed by atoms with Gasteiger partial charge in [0.25, 0.3) is 0 Å². The number of halogens is 1. The lowest BCUT2D eigenvalue weighted by Gasteiger charge is -2.32. The van der Waals surface area contributed by atoms with Gasteiger partial charge in [0.05, 0.1) is 16.6 Å². The average molecular weight is 383 g/mol. The molecule has 2 aliphatic rings. The summed E-state index contributed by atoms with van der Waals surface area (Å²) in [6.07, 6.45) is 4.34. The van der Waals surface area contributed by atoms with Crippen LogP contribution in [0, 0.1) is 11.8 Å². The number of amides is 2. The molecule has 1 aliphatic carbocycles. The van der Waals surface area contributed by atoms with Crippen LogP contribution in [0.15, 0.2) is 48.5 Å². The Hall–Kier alpha value is -2.33. The number of anilines is 2. The molecule has 2 atom stereocenters. The summed E-state index contributed by atoms with van der Waals surface area (Å²) in [5.74, 6) is -0.602. The Labute approximate surface area is 164 Å². The Bertz CT molecular complexity index is 867. The minimum atomic E-state index is -0.310. The normalized spacial score (nSPS) is 21.6. The van der Waals surface area contributed by atoms with E-state index in [1.54, 1.807) is 12.1 Å². The van der Waals surface area contributed by atoms with E-state index in [9.17, 15) is 9.59 Å². The summed E-state index contributed by atoms with van der Waals surface area (Å²) in [4.78, 5) is 28.1. The molecule has 4 nitrogen and oxygen atoms in total. The zero-order valence-electron chi connectivity index (χ0n) is 15.2. The number of nitrogens with zero attached hydrogens (tertiary/aromatic N) is 1. The van der Waals surface area contributed by atoms with E-state index < -0.39 is 0 Å². The van der Waals surface area contributed by atoms with Crippen LogP contribution in [0.4, 0.5) is 11.4 Å². The number of carbonyl (C=O) groups excluding carboxylic acids is 2. The molecule has 0 radical (unpaired) electrons. The van der Waals surface area contributed by atoms with Gasteiger partial charge in [-0.15, -0.1) is 0 Å². The van der Waals surface area contributed by atoms with Gasteiger partial charge in [0.1, 0.15) is 0 Å². The van der Waals surface area contributed by atoms with Crippen LogP contribution in [0.2, 0.25) is 5.02 Å². The van der Waals surface area contributed by atoms with E-state index in [0.717, 1.165) is 37.8 Å². The lowest BCUT2D eigenvalue weighted by Crippen LogP contribution is -2.43. The smallest absolute Gasteiger partial charge is 0.230 e. The number of fused-ring (bicyclic) bond motifs is 1. The van der Waals surface area contributed by atoms with Crippen molar-refractivity contribution in [1.82, 2.24) is 0 Å². The second-order valence-electron chi connectivity index (χ2n) is 7.34. The molecule has 140 valence electrons. The van der Waals surface area contributed by atoms with E-state index in [2.05, 4.69) is 11.4 Å². The SMILES string of the molecule is O=C(Nc1ccccc1Cl)C1CCCCC1C(=O)N1CCc2ccccc21. The molecule has 0 bridgehead atoms. The van der Waals surface area contributed by atoms with Crippen molar-refractivity contribution in [3.8, 4) is 0 Å². The molecule has 2 amide bonds. The van der Waals surface area contributed by atoms with E-state index in [0.29, 0.717) is 17.3 Å². The van der Waals surface area contributed by atoms with Crippen LogP contribution in [-0.4, -0.2) is 18.4 Å². The van der Waals surface area contributed by atoms with Crippen LogP contribution in [0.25, 0.3) is 0 Å². The van der Waals surface area contributed by atoms with E-state index >= 15 is 0 Å². The Morgan fingerprint density at radius 3 is 2.48 bits per heavy atom. The van der Waals surface area contributed by atoms with Crippen molar-refractivity contribution in [3.05, 3.63) is 59.1 Å². The van der Waals surface area contributed by atoms with E-state index in [4.69, 9.17) is 11.6 Å². The summed E-state index contributed by atoms with van der Waals surface area (Å²) in [6.45, 7) is 0.702. The van der Waals surface area contributed by atoms with Gasteiger partial charge >= 0.3 is 0 Å². The average Bonchev–Trinajstić information content (AvgIpc) is 3.13. The number of rotatable bonds is 3. The summed E-state index contributed by atoms with van der Waals surface area (Å²) >= 11 is 6.18. The number of hydrogen-bond acceptors (Lipinski definition) is 2. The zero-order chi connectivity index (χ0) is 18.8. The van der Waals surface area contributed by atoms with Crippen molar-refractivity contribution in [2.24, 2.45) is 11.8 Å². The first-order valence-electron chi connectivity index (χ1n) is 9.60. The molecular weight excluding hydrogens is 360 g/mol. The second-order valence-corrected chi connectivity index (χ2v) is 7.74. The predicted octanol–water partition coefficient (Wildman–Crippen LogP) is 4.67. The maximum Gasteiger partial charge on any atom is 0.230 e. The van der Waals surface area contributed by atoms with Crippen molar-refractivity contribution >= 4 is 34.8 Å². The fourth-order valence-corrected chi connectivity index (χ4v) is 4.48. The highest BCUT2D eigenvalue weighted by atomic mass is 35.5. The van der Waals surface area contributed by atoms with Crippen LogP contribution in [0.5, 0.6) is 0 Å². The van der Waals surface area contributed by atoms with Gasteiger partial charge in [-0.05, 0) is 43.0 Å². The fraction of sp³-hybridized carbons (Fsp3) is 0.364. The second kappa shape index (κ2) is 7.73. The maximum absolute atomic E-state index is 13.3. The van der Waals surface area contributed by atoms with Gasteiger partial charge in [0.15, 0.2) is 0 Å². The van der Waals surface area contributed by atoms with Crippen molar-refractivity contribution in [2.75, 3.05) is 16.8 Å². The monoisotopic (exact) mass is 382 g/mol. The largest absolute Gasteiger partial charge is 0.325 e. The van der Waals surface area contributed by atoms with Gasteiger partial charge in [-0.3, -0.25) is 9.59 Å². The number of para-hydroxylation sites is 2. The maximum atomic E-state index is 13.3. The van der Waals surface area contributed by atoms with Crippen molar-refractivity contribution < 1.29 is 9.59 Å². The van der Waals surface area contributed by atoms with Gasteiger partial charge in [0, 0.05) is 18.2 Å². The molecule has 1 aliphatic heterocycles. The zero-order valence-corrected chi connectivity index (χ0v) is 15.9.